The fourth-order valence-electron chi connectivity index (χ4n) is 4.09. The number of carbonyl (C=O) groups is 2. The minimum Gasteiger partial charge on any atom is -0.496 e. The third-order valence-electron chi connectivity index (χ3n) is 6.03. The molecule has 2 atom stereocenters. The summed E-state index contributed by atoms with van der Waals surface area (Å²) in [5.74, 6) is 0.702. The van der Waals surface area contributed by atoms with Crippen LogP contribution in [0.1, 0.15) is 46.5 Å². The van der Waals surface area contributed by atoms with Gasteiger partial charge in [0.25, 0.3) is 0 Å². The molecule has 1 aliphatic heterocycles. The van der Waals surface area contributed by atoms with E-state index < -0.39 is 6.04 Å². The number of rotatable bonds is 7. The molecule has 2 N–H and O–H groups in total. The minimum atomic E-state index is -0.492. The summed E-state index contributed by atoms with van der Waals surface area (Å²) in [7, 11) is 1.64. The Morgan fingerprint density at radius 2 is 1.97 bits per heavy atom. The molecule has 32 heavy (non-hydrogen) atoms. The first-order chi connectivity index (χ1) is 15.3. The molecule has 7 nitrogen and oxygen atoms in total. The van der Waals surface area contributed by atoms with Crippen LogP contribution >= 0.6 is 11.3 Å². The van der Waals surface area contributed by atoms with E-state index in [0.717, 1.165) is 42.7 Å². The molecule has 4 rings (SSSR count). The van der Waals surface area contributed by atoms with Crippen LogP contribution in [0, 0.1) is 5.41 Å². The van der Waals surface area contributed by atoms with Gasteiger partial charge in [0.2, 0.25) is 11.8 Å². The smallest absolute Gasteiger partial charge is 0.246 e. The van der Waals surface area contributed by atoms with Crippen LogP contribution in [0.4, 0.5) is 5.13 Å². The first kappa shape index (κ1) is 22.6. The van der Waals surface area contributed by atoms with Gasteiger partial charge in [-0.15, -0.1) is 11.3 Å². The van der Waals surface area contributed by atoms with Crippen molar-refractivity contribution in [2.45, 2.75) is 64.6 Å². The maximum atomic E-state index is 13.6. The third kappa shape index (κ3) is 4.90. The van der Waals surface area contributed by atoms with Crippen LogP contribution in [0.5, 0.6) is 5.75 Å². The number of aromatic nitrogens is 1. The SMILES string of the molecule is COc1ccccc1-c1csc(N[C@H](C(=O)N2CCC[C@H]2C(=O)NC2CC2)C(C)(C)C)n1. The number of anilines is 1. The molecule has 2 aromatic rings. The topological polar surface area (TPSA) is 83.6 Å². The largest absolute Gasteiger partial charge is 0.496 e. The van der Waals surface area contributed by atoms with Crippen molar-refractivity contribution in [3.8, 4) is 17.0 Å². The molecule has 1 aromatic carbocycles. The van der Waals surface area contributed by atoms with E-state index in [2.05, 4.69) is 10.6 Å². The second-order valence-corrected chi connectivity index (χ2v) is 10.5. The predicted molar refractivity (Wildman–Crippen MR) is 127 cm³/mol. The number of thiazole rings is 1. The monoisotopic (exact) mass is 456 g/mol. The van der Waals surface area contributed by atoms with E-state index in [1.165, 1.54) is 11.3 Å². The number of amides is 2. The number of carbonyl (C=O) groups excluding carboxylic acids is 2. The van der Waals surface area contributed by atoms with Crippen molar-refractivity contribution >= 4 is 28.3 Å². The van der Waals surface area contributed by atoms with Gasteiger partial charge in [0, 0.05) is 23.5 Å². The third-order valence-corrected chi connectivity index (χ3v) is 6.80. The van der Waals surface area contributed by atoms with E-state index in [1.807, 2.05) is 50.4 Å². The Morgan fingerprint density at radius 3 is 2.66 bits per heavy atom. The highest BCUT2D eigenvalue weighted by Crippen LogP contribution is 2.34. The molecule has 8 heteroatoms. The lowest BCUT2D eigenvalue weighted by molar-refractivity contribution is -0.140. The van der Waals surface area contributed by atoms with E-state index in [0.29, 0.717) is 17.7 Å². The molecule has 0 spiro atoms. The van der Waals surface area contributed by atoms with E-state index in [4.69, 9.17) is 9.72 Å². The summed E-state index contributed by atoms with van der Waals surface area (Å²) < 4.78 is 5.46. The summed E-state index contributed by atoms with van der Waals surface area (Å²) >= 11 is 1.46. The van der Waals surface area contributed by atoms with Gasteiger partial charge >= 0.3 is 0 Å². The summed E-state index contributed by atoms with van der Waals surface area (Å²) in [6.45, 7) is 6.71. The highest BCUT2D eigenvalue weighted by molar-refractivity contribution is 7.14. The number of para-hydroxylation sites is 1. The first-order valence-corrected chi connectivity index (χ1v) is 12.1. The molecule has 0 radical (unpaired) electrons. The molecule has 1 aliphatic carbocycles. The van der Waals surface area contributed by atoms with E-state index >= 15 is 0 Å². The Kier molecular flexibility index (Phi) is 6.42. The fourth-order valence-corrected chi connectivity index (χ4v) is 4.83. The van der Waals surface area contributed by atoms with Crippen molar-refractivity contribution in [1.82, 2.24) is 15.2 Å². The minimum absolute atomic E-state index is 0.0151. The number of hydrogen-bond acceptors (Lipinski definition) is 6. The molecule has 1 saturated carbocycles. The number of methoxy groups -OCH3 is 1. The van der Waals surface area contributed by atoms with Crippen LogP contribution in [0.3, 0.4) is 0 Å². The van der Waals surface area contributed by atoms with Crippen molar-refractivity contribution in [3.05, 3.63) is 29.6 Å². The van der Waals surface area contributed by atoms with Crippen molar-refractivity contribution in [3.63, 3.8) is 0 Å². The van der Waals surface area contributed by atoms with Gasteiger partial charge in [-0.05, 0) is 43.2 Å². The summed E-state index contributed by atoms with van der Waals surface area (Å²) in [4.78, 5) is 32.8. The lowest BCUT2D eigenvalue weighted by Crippen LogP contribution is -2.54. The van der Waals surface area contributed by atoms with Crippen LogP contribution in [0.2, 0.25) is 0 Å². The lowest BCUT2D eigenvalue weighted by Gasteiger charge is -2.35. The van der Waals surface area contributed by atoms with Crippen molar-refractivity contribution in [2.75, 3.05) is 19.0 Å². The Labute approximate surface area is 193 Å². The number of nitrogens with one attached hydrogen (secondary N) is 2. The van der Waals surface area contributed by atoms with Crippen LogP contribution in [-0.2, 0) is 9.59 Å². The molecule has 1 saturated heterocycles. The molecule has 2 heterocycles. The van der Waals surface area contributed by atoms with Gasteiger partial charge in [0.1, 0.15) is 17.8 Å². The molecule has 2 aliphatic rings. The zero-order valence-electron chi connectivity index (χ0n) is 19.2. The van der Waals surface area contributed by atoms with Crippen LogP contribution in [0.15, 0.2) is 29.6 Å². The van der Waals surface area contributed by atoms with Crippen molar-refractivity contribution in [2.24, 2.45) is 5.41 Å². The Morgan fingerprint density at radius 1 is 1.22 bits per heavy atom. The molecule has 2 fully saturated rings. The molecular weight excluding hydrogens is 424 g/mol. The summed E-state index contributed by atoms with van der Waals surface area (Å²) in [5.41, 5.74) is 1.36. The van der Waals surface area contributed by atoms with Gasteiger partial charge < -0.3 is 20.3 Å². The predicted octanol–water partition coefficient (Wildman–Crippen LogP) is 3.91. The normalized spacial score (nSPS) is 19.5. The maximum absolute atomic E-state index is 13.6. The summed E-state index contributed by atoms with van der Waals surface area (Å²) in [6.07, 6.45) is 3.64. The zero-order chi connectivity index (χ0) is 22.9. The van der Waals surface area contributed by atoms with Gasteiger partial charge in [0.05, 0.1) is 12.8 Å². The average Bonchev–Trinajstić information content (AvgIpc) is 3.25. The summed E-state index contributed by atoms with van der Waals surface area (Å²) in [5, 5.41) is 9.09. The van der Waals surface area contributed by atoms with E-state index in [-0.39, 0.29) is 23.3 Å². The highest BCUT2D eigenvalue weighted by atomic mass is 32.1. The first-order valence-electron chi connectivity index (χ1n) is 11.2. The summed E-state index contributed by atoms with van der Waals surface area (Å²) in [6, 6.07) is 7.17. The Hall–Kier alpha value is -2.61. The van der Waals surface area contributed by atoms with Crippen LogP contribution in [0.25, 0.3) is 11.3 Å². The highest BCUT2D eigenvalue weighted by Gasteiger charge is 2.42. The van der Waals surface area contributed by atoms with Gasteiger partial charge in [-0.25, -0.2) is 4.98 Å². The van der Waals surface area contributed by atoms with Crippen molar-refractivity contribution in [1.29, 1.82) is 0 Å². The molecule has 0 unspecified atom stereocenters. The van der Waals surface area contributed by atoms with Crippen molar-refractivity contribution < 1.29 is 14.3 Å². The molecule has 172 valence electrons. The van der Waals surface area contributed by atoms with Gasteiger partial charge in [-0.2, -0.15) is 0 Å². The lowest BCUT2D eigenvalue weighted by atomic mass is 9.85. The van der Waals surface area contributed by atoms with Gasteiger partial charge in [-0.3, -0.25) is 9.59 Å². The van der Waals surface area contributed by atoms with Crippen LogP contribution in [-0.4, -0.2) is 53.5 Å². The molecule has 1 aromatic heterocycles. The van der Waals surface area contributed by atoms with Crippen LogP contribution < -0.4 is 15.4 Å². The maximum Gasteiger partial charge on any atom is 0.246 e. The number of benzene rings is 1. The standard InChI is InChI=1S/C24H32N4O3S/c1-24(2,3)20(22(30)28-13-7-9-18(28)21(29)25-15-11-12-15)27-23-26-17(14-32-23)16-8-5-6-10-19(16)31-4/h5-6,8,10,14-15,18,20H,7,9,11-13H2,1-4H3,(H,25,29)(H,26,27)/t18-,20+/m0/s1. The second kappa shape index (κ2) is 9.10. The average molecular weight is 457 g/mol. The molecular formula is C24H32N4O3S. The number of likely N-dealkylation sites (tertiary alicyclic amines) is 1. The number of nitrogens with zero attached hydrogens (tertiary/aromatic N) is 2. The Bertz CT molecular complexity index is 980. The van der Waals surface area contributed by atoms with E-state index in [9.17, 15) is 9.59 Å². The van der Waals surface area contributed by atoms with E-state index in [1.54, 1.807) is 12.0 Å². The zero-order valence-corrected chi connectivity index (χ0v) is 20.0. The quantitative estimate of drug-likeness (QED) is 0.660. The number of ether oxygens (including phenoxy) is 1. The fraction of sp³-hybridized carbons (Fsp3) is 0.542. The molecule has 2 amide bonds. The van der Waals surface area contributed by atoms with Gasteiger partial charge in [0.15, 0.2) is 5.13 Å². The van der Waals surface area contributed by atoms with Gasteiger partial charge in [-0.1, -0.05) is 32.9 Å². The molecule has 0 bridgehead atoms. The number of hydrogen-bond donors (Lipinski definition) is 2. The Balaban J connectivity index is 1.52. The second-order valence-electron chi connectivity index (χ2n) is 9.65.